The number of rotatable bonds is 6. The molecule has 1 aliphatic rings. The summed E-state index contributed by atoms with van der Waals surface area (Å²) in [7, 11) is 0. The lowest BCUT2D eigenvalue weighted by Gasteiger charge is -2.29. The second-order valence-electron chi connectivity index (χ2n) is 7.16. The van der Waals surface area contributed by atoms with Crippen LogP contribution in [-0.2, 0) is 6.54 Å². The minimum atomic E-state index is -0.221. The first-order valence-electron chi connectivity index (χ1n) is 9.57. The van der Waals surface area contributed by atoms with Gasteiger partial charge in [-0.3, -0.25) is 9.78 Å². The number of benzene rings is 2. The Bertz CT molecular complexity index is 1010. The summed E-state index contributed by atoms with van der Waals surface area (Å²) in [6, 6.07) is 17.7. The molecular formula is C23H23N3O3. The summed E-state index contributed by atoms with van der Waals surface area (Å²) in [6.45, 7) is 5.20. The molecule has 0 fully saturated rings. The van der Waals surface area contributed by atoms with Crippen molar-refractivity contribution in [3.63, 3.8) is 0 Å². The fourth-order valence-corrected chi connectivity index (χ4v) is 3.24. The van der Waals surface area contributed by atoms with Crippen LogP contribution in [0.4, 0.5) is 11.4 Å². The predicted octanol–water partition coefficient (Wildman–Crippen LogP) is 4.48. The van der Waals surface area contributed by atoms with E-state index in [-0.39, 0.29) is 18.7 Å². The third kappa shape index (κ3) is 4.32. The molecular weight excluding hydrogens is 366 g/mol. The number of fused-ring (bicyclic) bond motifs is 1. The summed E-state index contributed by atoms with van der Waals surface area (Å²) in [5, 5.41) is 2.90. The number of amides is 1. The first-order chi connectivity index (χ1) is 14.1. The molecule has 0 saturated heterocycles. The van der Waals surface area contributed by atoms with Crippen molar-refractivity contribution in [2.24, 2.45) is 0 Å². The Morgan fingerprint density at radius 1 is 1.07 bits per heavy atom. The Labute approximate surface area is 170 Å². The second kappa shape index (κ2) is 8.22. The van der Waals surface area contributed by atoms with Crippen molar-refractivity contribution >= 4 is 17.3 Å². The quantitative estimate of drug-likeness (QED) is 0.674. The molecule has 0 saturated carbocycles. The van der Waals surface area contributed by atoms with E-state index in [4.69, 9.17) is 9.47 Å². The fraction of sp³-hybridized carbons (Fsp3) is 0.217. The van der Waals surface area contributed by atoms with Gasteiger partial charge in [-0.2, -0.15) is 0 Å². The molecule has 0 unspecified atom stereocenters. The van der Waals surface area contributed by atoms with E-state index in [0.29, 0.717) is 22.7 Å². The first kappa shape index (κ1) is 18.8. The van der Waals surface area contributed by atoms with E-state index in [1.165, 1.54) is 5.56 Å². The summed E-state index contributed by atoms with van der Waals surface area (Å²) in [5.74, 6) is 1.09. The number of hydrogen-bond donors (Lipinski definition) is 1. The molecule has 6 heteroatoms. The number of anilines is 2. The minimum absolute atomic E-state index is 0.200. The molecule has 0 atom stereocenters. The van der Waals surface area contributed by atoms with Crippen LogP contribution >= 0.6 is 0 Å². The third-order valence-corrected chi connectivity index (χ3v) is 4.77. The van der Waals surface area contributed by atoms with Crippen molar-refractivity contribution in [2.75, 3.05) is 17.0 Å². The second-order valence-corrected chi connectivity index (χ2v) is 7.16. The van der Waals surface area contributed by atoms with Gasteiger partial charge < -0.3 is 19.7 Å². The number of nitrogens with zero attached hydrogens (tertiary/aromatic N) is 2. The van der Waals surface area contributed by atoms with Crippen molar-refractivity contribution in [2.45, 2.75) is 26.4 Å². The Kier molecular flexibility index (Phi) is 5.33. The summed E-state index contributed by atoms with van der Waals surface area (Å²) in [5.41, 5.74) is 3.26. The van der Waals surface area contributed by atoms with Crippen LogP contribution in [0.15, 0.2) is 67.0 Å². The highest BCUT2D eigenvalue weighted by Gasteiger charge is 2.17. The molecule has 0 radical (unpaired) electrons. The topological polar surface area (TPSA) is 63.7 Å². The van der Waals surface area contributed by atoms with Gasteiger partial charge in [0.15, 0.2) is 11.5 Å². The number of pyridine rings is 1. The van der Waals surface area contributed by atoms with Gasteiger partial charge in [-0.15, -0.1) is 0 Å². The van der Waals surface area contributed by atoms with Gasteiger partial charge in [0, 0.05) is 30.5 Å². The van der Waals surface area contributed by atoms with Crippen molar-refractivity contribution < 1.29 is 14.3 Å². The van der Waals surface area contributed by atoms with E-state index in [2.05, 4.69) is 41.2 Å². The van der Waals surface area contributed by atoms with Crippen LogP contribution in [0.1, 0.15) is 29.8 Å². The van der Waals surface area contributed by atoms with Gasteiger partial charge in [0.25, 0.3) is 5.91 Å². The van der Waals surface area contributed by atoms with Crippen LogP contribution in [0, 0.1) is 0 Å². The van der Waals surface area contributed by atoms with Crippen molar-refractivity contribution in [1.29, 1.82) is 0 Å². The number of carbonyl (C=O) groups is 1. The van der Waals surface area contributed by atoms with E-state index in [9.17, 15) is 4.79 Å². The highest BCUT2D eigenvalue weighted by molar-refractivity contribution is 6.04. The Balaban J connectivity index is 1.53. The first-order valence-corrected chi connectivity index (χ1v) is 9.57. The molecule has 3 aromatic rings. The maximum atomic E-state index is 12.8. The monoisotopic (exact) mass is 389 g/mol. The number of ether oxygens (including phenoxy) is 2. The average Bonchev–Trinajstić information content (AvgIpc) is 3.20. The average molecular weight is 389 g/mol. The normalized spacial score (nSPS) is 12.1. The van der Waals surface area contributed by atoms with E-state index in [1.54, 1.807) is 30.6 Å². The van der Waals surface area contributed by atoms with Gasteiger partial charge in [-0.25, -0.2) is 0 Å². The maximum Gasteiger partial charge on any atom is 0.257 e. The van der Waals surface area contributed by atoms with Crippen molar-refractivity contribution in [3.05, 3.63) is 78.1 Å². The van der Waals surface area contributed by atoms with Crippen LogP contribution in [-0.4, -0.2) is 23.7 Å². The molecule has 0 spiro atoms. The number of aromatic nitrogens is 1. The molecule has 0 bridgehead atoms. The van der Waals surface area contributed by atoms with Gasteiger partial charge in [0.2, 0.25) is 6.79 Å². The van der Waals surface area contributed by atoms with Crippen LogP contribution in [0.5, 0.6) is 11.5 Å². The molecule has 29 heavy (non-hydrogen) atoms. The van der Waals surface area contributed by atoms with Crippen LogP contribution in [0.2, 0.25) is 0 Å². The van der Waals surface area contributed by atoms with Crippen LogP contribution in [0.25, 0.3) is 0 Å². The third-order valence-electron chi connectivity index (χ3n) is 4.77. The van der Waals surface area contributed by atoms with Crippen molar-refractivity contribution in [1.82, 2.24) is 4.98 Å². The zero-order chi connectivity index (χ0) is 20.2. The van der Waals surface area contributed by atoms with Gasteiger partial charge in [-0.1, -0.05) is 30.3 Å². The molecule has 2 aromatic carbocycles. The number of nitrogens with one attached hydrogen (secondary N) is 1. The largest absolute Gasteiger partial charge is 0.454 e. The van der Waals surface area contributed by atoms with Gasteiger partial charge in [-0.05, 0) is 37.6 Å². The molecule has 1 aliphatic heterocycles. The van der Waals surface area contributed by atoms with E-state index in [0.717, 1.165) is 12.2 Å². The van der Waals surface area contributed by atoms with E-state index >= 15 is 0 Å². The Hall–Kier alpha value is -3.54. The van der Waals surface area contributed by atoms with Crippen LogP contribution < -0.4 is 19.7 Å². The Morgan fingerprint density at radius 3 is 2.66 bits per heavy atom. The lowest BCUT2D eigenvalue weighted by atomic mass is 10.1. The molecule has 2 heterocycles. The lowest BCUT2D eigenvalue weighted by molar-refractivity contribution is 0.102. The van der Waals surface area contributed by atoms with Crippen LogP contribution in [0.3, 0.4) is 0 Å². The zero-order valence-electron chi connectivity index (χ0n) is 16.5. The molecule has 1 aromatic heterocycles. The summed E-state index contributed by atoms with van der Waals surface area (Å²) in [4.78, 5) is 19.3. The number of carbonyl (C=O) groups excluding carboxylic acids is 1. The predicted molar refractivity (Wildman–Crippen MR) is 113 cm³/mol. The molecule has 1 N–H and O–H groups in total. The maximum absolute atomic E-state index is 12.8. The lowest BCUT2D eigenvalue weighted by Crippen LogP contribution is -2.30. The van der Waals surface area contributed by atoms with Crippen molar-refractivity contribution in [3.8, 4) is 11.5 Å². The molecule has 6 nitrogen and oxygen atoms in total. The minimum Gasteiger partial charge on any atom is -0.454 e. The molecule has 1 amide bonds. The summed E-state index contributed by atoms with van der Waals surface area (Å²) in [6.07, 6.45) is 3.37. The fourth-order valence-electron chi connectivity index (χ4n) is 3.24. The number of hydrogen-bond acceptors (Lipinski definition) is 5. The molecule has 148 valence electrons. The standard InChI is InChI=1S/C23H23N3O3/c1-16(2)26(14-17-6-4-3-5-7-17)20-10-18(12-24-13-20)23(27)25-19-8-9-21-22(11-19)29-15-28-21/h3-13,16H,14-15H2,1-2H3,(H,25,27). The summed E-state index contributed by atoms with van der Waals surface area (Å²) < 4.78 is 10.7. The SMILES string of the molecule is CC(C)N(Cc1ccccc1)c1cncc(C(=O)Nc2ccc3c(c2)OCO3)c1. The van der Waals surface area contributed by atoms with Gasteiger partial charge >= 0.3 is 0 Å². The Morgan fingerprint density at radius 2 is 1.86 bits per heavy atom. The molecule has 4 rings (SSSR count). The highest BCUT2D eigenvalue weighted by atomic mass is 16.7. The van der Waals surface area contributed by atoms with Gasteiger partial charge in [0.1, 0.15) is 0 Å². The smallest absolute Gasteiger partial charge is 0.257 e. The van der Waals surface area contributed by atoms with Gasteiger partial charge in [0.05, 0.1) is 17.4 Å². The van der Waals surface area contributed by atoms with E-state index < -0.39 is 0 Å². The molecule has 0 aliphatic carbocycles. The summed E-state index contributed by atoms with van der Waals surface area (Å²) >= 11 is 0. The zero-order valence-corrected chi connectivity index (χ0v) is 16.5. The van der Waals surface area contributed by atoms with E-state index in [1.807, 2.05) is 24.3 Å². The highest BCUT2D eigenvalue weighted by Crippen LogP contribution is 2.34.